The first-order valence-corrected chi connectivity index (χ1v) is 6.51. The van der Waals surface area contributed by atoms with Gasteiger partial charge in [-0.15, -0.1) is 0 Å². The van der Waals surface area contributed by atoms with Crippen LogP contribution in [-0.2, 0) is 19.4 Å². The molecule has 0 aliphatic carbocycles. The highest BCUT2D eigenvalue weighted by Crippen LogP contribution is 2.31. The number of hydrogen-bond acceptors (Lipinski definition) is 0. The summed E-state index contributed by atoms with van der Waals surface area (Å²) in [6.07, 6.45) is 6.48. The first-order valence-electron chi connectivity index (χ1n) is 6.51. The van der Waals surface area contributed by atoms with Crippen LogP contribution in [0.15, 0.2) is 24.3 Å². The van der Waals surface area contributed by atoms with E-state index in [0.29, 0.717) is 0 Å². The van der Waals surface area contributed by atoms with Crippen LogP contribution in [0, 0.1) is 0 Å². The summed E-state index contributed by atoms with van der Waals surface area (Å²) in [5.41, 5.74) is 4.70. The first kappa shape index (κ1) is 9.95. The smallest absolute Gasteiger partial charge is 0.0485 e. The van der Waals surface area contributed by atoms with Crippen LogP contribution in [0.1, 0.15) is 37.4 Å². The number of nitrogens with zero attached hydrogens (tertiary/aromatic N) is 1. The van der Waals surface area contributed by atoms with Gasteiger partial charge in [-0.2, -0.15) is 0 Å². The van der Waals surface area contributed by atoms with Gasteiger partial charge in [0.1, 0.15) is 0 Å². The van der Waals surface area contributed by atoms with Crippen molar-refractivity contribution in [3.63, 3.8) is 0 Å². The number of hydrogen-bond donors (Lipinski definition) is 0. The molecular weight excluding hydrogens is 194 g/mol. The van der Waals surface area contributed by atoms with Crippen molar-refractivity contribution in [2.45, 2.75) is 45.6 Å². The zero-order chi connectivity index (χ0) is 11.0. The lowest BCUT2D eigenvalue weighted by atomic mass is 10.0. The molecule has 1 heteroatoms. The Morgan fingerprint density at radius 2 is 2.06 bits per heavy atom. The summed E-state index contributed by atoms with van der Waals surface area (Å²) in [5, 5.41) is 1.50. The van der Waals surface area contributed by atoms with E-state index in [1.54, 1.807) is 11.3 Å². The highest BCUT2D eigenvalue weighted by molar-refractivity contribution is 5.85. The zero-order valence-corrected chi connectivity index (χ0v) is 10.00. The van der Waals surface area contributed by atoms with E-state index in [9.17, 15) is 0 Å². The summed E-state index contributed by atoms with van der Waals surface area (Å²) in [6.45, 7) is 3.50. The molecule has 0 amide bonds. The van der Waals surface area contributed by atoms with Gasteiger partial charge in [0.25, 0.3) is 0 Å². The van der Waals surface area contributed by atoms with Gasteiger partial charge in [-0.05, 0) is 37.3 Å². The summed E-state index contributed by atoms with van der Waals surface area (Å²) >= 11 is 0. The molecular formula is C15H19N. The topological polar surface area (TPSA) is 4.93 Å². The Morgan fingerprint density at radius 1 is 1.19 bits per heavy atom. The number of benzene rings is 1. The molecule has 0 bridgehead atoms. The first-order chi connectivity index (χ1) is 7.92. The highest BCUT2D eigenvalue weighted by atomic mass is 15.0. The Bertz CT molecular complexity index is 507. The predicted octanol–water partition coefficient (Wildman–Crippen LogP) is 3.93. The summed E-state index contributed by atoms with van der Waals surface area (Å²) < 4.78 is 2.56. The van der Waals surface area contributed by atoms with Gasteiger partial charge in [0, 0.05) is 23.1 Å². The molecule has 0 N–H and O–H groups in total. The molecule has 1 aliphatic heterocycles. The number of fused-ring (bicyclic) bond motifs is 3. The molecule has 1 aromatic heterocycles. The van der Waals surface area contributed by atoms with Crippen LogP contribution in [0.2, 0.25) is 0 Å². The monoisotopic (exact) mass is 213 g/mol. The van der Waals surface area contributed by atoms with Crippen molar-refractivity contribution in [2.24, 2.45) is 0 Å². The third-order valence-electron chi connectivity index (χ3n) is 3.74. The molecule has 1 aliphatic rings. The number of aryl methyl sites for hydroxylation is 2. The minimum Gasteiger partial charge on any atom is -0.344 e. The molecule has 0 radical (unpaired) electrons. The van der Waals surface area contributed by atoms with Gasteiger partial charge in [-0.25, -0.2) is 0 Å². The second-order valence-corrected chi connectivity index (χ2v) is 4.80. The van der Waals surface area contributed by atoms with E-state index in [-0.39, 0.29) is 0 Å². The number of aromatic nitrogens is 1. The SMILES string of the molecule is CCCc1c2n(c3ccccc13)CCCC2. The van der Waals surface area contributed by atoms with Crippen molar-refractivity contribution in [1.82, 2.24) is 4.57 Å². The minimum atomic E-state index is 1.22. The fraction of sp³-hybridized carbons (Fsp3) is 0.467. The van der Waals surface area contributed by atoms with E-state index < -0.39 is 0 Å². The molecule has 84 valence electrons. The van der Waals surface area contributed by atoms with Crippen molar-refractivity contribution in [3.05, 3.63) is 35.5 Å². The minimum absolute atomic E-state index is 1.22. The Labute approximate surface area is 97.1 Å². The summed E-state index contributed by atoms with van der Waals surface area (Å²) in [7, 11) is 0. The standard InChI is InChI=1S/C15H19N/c1-2-7-12-13-8-3-4-9-15(13)16-11-6-5-10-14(12)16/h3-4,8-9H,2,5-7,10-11H2,1H3. The van der Waals surface area contributed by atoms with Crippen LogP contribution in [0.25, 0.3) is 10.9 Å². The summed E-state index contributed by atoms with van der Waals surface area (Å²) in [4.78, 5) is 0. The van der Waals surface area contributed by atoms with Gasteiger partial charge in [0.2, 0.25) is 0 Å². The Kier molecular flexibility index (Phi) is 2.47. The quantitative estimate of drug-likeness (QED) is 0.712. The van der Waals surface area contributed by atoms with E-state index >= 15 is 0 Å². The molecule has 1 nitrogen and oxygen atoms in total. The predicted molar refractivity (Wildman–Crippen MR) is 68.9 cm³/mol. The maximum atomic E-state index is 2.56. The number of rotatable bonds is 2. The van der Waals surface area contributed by atoms with Crippen LogP contribution in [0.4, 0.5) is 0 Å². The number of para-hydroxylation sites is 1. The van der Waals surface area contributed by atoms with E-state index in [4.69, 9.17) is 0 Å². The third kappa shape index (κ3) is 1.38. The van der Waals surface area contributed by atoms with Crippen molar-refractivity contribution in [1.29, 1.82) is 0 Å². The molecule has 16 heavy (non-hydrogen) atoms. The van der Waals surface area contributed by atoms with E-state index in [0.717, 1.165) is 0 Å². The average Bonchev–Trinajstić information content (AvgIpc) is 2.66. The van der Waals surface area contributed by atoms with Crippen molar-refractivity contribution < 1.29 is 0 Å². The van der Waals surface area contributed by atoms with Crippen molar-refractivity contribution in [3.8, 4) is 0 Å². The van der Waals surface area contributed by atoms with Gasteiger partial charge in [-0.3, -0.25) is 0 Å². The lowest BCUT2D eigenvalue weighted by Gasteiger charge is -2.17. The van der Waals surface area contributed by atoms with E-state index in [2.05, 4.69) is 35.8 Å². The molecule has 0 atom stereocenters. The second kappa shape index (κ2) is 3.97. The van der Waals surface area contributed by atoms with Gasteiger partial charge in [0.15, 0.2) is 0 Å². The van der Waals surface area contributed by atoms with Crippen LogP contribution in [0.3, 0.4) is 0 Å². The molecule has 0 unspecified atom stereocenters. The normalized spacial score (nSPS) is 15.3. The maximum absolute atomic E-state index is 2.56. The molecule has 2 heterocycles. The highest BCUT2D eigenvalue weighted by Gasteiger charge is 2.18. The molecule has 1 aromatic carbocycles. The Morgan fingerprint density at radius 3 is 2.94 bits per heavy atom. The van der Waals surface area contributed by atoms with Crippen LogP contribution in [0.5, 0.6) is 0 Å². The van der Waals surface area contributed by atoms with Crippen LogP contribution >= 0.6 is 0 Å². The lowest BCUT2D eigenvalue weighted by Crippen LogP contribution is -2.10. The molecule has 2 aromatic rings. The maximum Gasteiger partial charge on any atom is 0.0485 e. The van der Waals surface area contributed by atoms with E-state index in [1.165, 1.54) is 49.6 Å². The van der Waals surface area contributed by atoms with Gasteiger partial charge >= 0.3 is 0 Å². The van der Waals surface area contributed by atoms with Crippen molar-refractivity contribution in [2.75, 3.05) is 0 Å². The summed E-state index contributed by atoms with van der Waals surface area (Å²) in [5.74, 6) is 0. The Hall–Kier alpha value is -1.24. The van der Waals surface area contributed by atoms with Crippen molar-refractivity contribution >= 4 is 10.9 Å². The van der Waals surface area contributed by atoms with Gasteiger partial charge in [0.05, 0.1) is 0 Å². The molecule has 0 spiro atoms. The Balaban J connectivity index is 2.28. The largest absolute Gasteiger partial charge is 0.344 e. The fourth-order valence-corrected chi connectivity index (χ4v) is 3.06. The fourth-order valence-electron chi connectivity index (χ4n) is 3.06. The summed E-state index contributed by atoms with van der Waals surface area (Å²) in [6, 6.07) is 8.92. The second-order valence-electron chi connectivity index (χ2n) is 4.80. The zero-order valence-electron chi connectivity index (χ0n) is 10.00. The van der Waals surface area contributed by atoms with E-state index in [1.807, 2.05) is 0 Å². The lowest BCUT2D eigenvalue weighted by molar-refractivity contribution is 0.540. The van der Waals surface area contributed by atoms with Crippen LogP contribution < -0.4 is 0 Å². The average molecular weight is 213 g/mol. The molecule has 0 fully saturated rings. The van der Waals surface area contributed by atoms with Gasteiger partial charge < -0.3 is 4.57 Å². The third-order valence-corrected chi connectivity index (χ3v) is 3.74. The molecule has 3 rings (SSSR count). The van der Waals surface area contributed by atoms with Gasteiger partial charge in [-0.1, -0.05) is 31.5 Å². The van der Waals surface area contributed by atoms with Crippen LogP contribution in [-0.4, -0.2) is 4.57 Å². The molecule has 0 saturated heterocycles. The molecule has 0 saturated carbocycles.